The summed E-state index contributed by atoms with van der Waals surface area (Å²) in [5, 5.41) is 61.8. The van der Waals surface area contributed by atoms with E-state index in [0.29, 0.717) is 181 Å². The average Bonchev–Trinajstić information content (AvgIpc) is 1.44. The van der Waals surface area contributed by atoms with Crippen LogP contribution in [0.15, 0.2) is 36.5 Å². The number of halogens is 15. The van der Waals surface area contributed by atoms with Crippen molar-refractivity contribution in [2.24, 2.45) is 52.3 Å². The van der Waals surface area contributed by atoms with Gasteiger partial charge in [-0.15, -0.1) is 0 Å². The summed E-state index contributed by atoms with van der Waals surface area (Å²) in [4.78, 5) is 38.0. The Hall–Kier alpha value is -3.94. The monoisotopic (exact) mass is 1790 g/mol. The predicted octanol–water partition coefficient (Wildman–Crippen LogP) is 17.8. The van der Waals surface area contributed by atoms with E-state index in [0.717, 1.165) is 64.7 Å². The predicted molar refractivity (Wildman–Crippen MR) is 415 cm³/mol. The van der Waals surface area contributed by atoms with Gasteiger partial charge in [0.1, 0.15) is 23.9 Å². The highest BCUT2D eigenvalue weighted by atomic mass is 19.4. The Morgan fingerprint density at radius 2 is 0.675 bits per heavy atom. The van der Waals surface area contributed by atoms with Crippen molar-refractivity contribution in [3.8, 4) is 0 Å². The van der Waals surface area contributed by atoms with E-state index in [1.807, 2.05) is 0 Å². The van der Waals surface area contributed by atoms with Gasteiger partial charge in [0.05, 0.1) is 85.0 Å². The van der Waals surface area contributed by atoms with E-state index in [-0.39, 0.29) is 53.3 Å². The van der Waals surface area contributed by atoms with Crippen molar-refractivity contribution in [2.45, 2.75) is 409 Å². The number of hydrogen-bond acceptors (Lipinski definition) is 19. The lowest BCUT2D eigenvalue weighted by atomic mass is 9.36. The molecule has 706 valence electrons. The standard InChI is InChI=1S/C32H49F3O6.C29H42F6O6.C28H40F6O7/c1-22(2)24(36)41-29-16-23-14-27(18-29,30(10-6-7-11-30)39-20-25(3,4)37)17-28(15-23,19-29)31(12-8-9-13-31)40-21-26(5,38)32(33,34)35;1-17(2)23(36)41-20-14-18-13-19(20)22(27(11-7-8-12-27)40-16-25(4,38)29(33,34)35)21(18)26(9-5-6-10-26)39-15-24(3,37)28(30,31)32;1-16(2)22(35)41-18-13-17-19(25(9-5-6-10-25)38-14-23(3,36)27(29,30)31)20(21(18)40-17)26(11-7-8-12-26)39-15-24(4,37)28(32,33)34/h23,37-38H,1,6-21H2,2-5H3;18-22,37-38H,1,5-16H2,2-4H3;17-21,36-37H,1,5-15H2,2-4H3. The Labute approximate surface area is 711 Å². The van der Waals surface area contributed by atoms with E-state index in [1.54, 1.807) is 20.8 Å². The van der Waals surface area contributed by atoms with E-state index in [4.69, 9.17) is 47.4 Å². The fourth-order valence-corrected chi connectivity index (χ4v) is 25.1. The molecule has 123 heavy (non-hydrogen) atoms. The second-order valence-electron chi connectivity index (χ2n) is 41.6. The normalized spacial score (nSPS) is 35.0. The second kappa shape index (κ2) is 34.7. The van der Waals surface area contributed by atoms with Crippen LogP contribution in [0.1, 0.15) is 281 Å². The smallest absolute Gasteiger partial charge is 0.419 e. The first kappa shape index (κ1) is 99.6. The molecule has 19 unspecified atom stereocenters. The topological polar surface area (TPSA) is 265 Å². The molecule has 8 bridgehead atoms. The van der Waals surface area contributed by atoms with Crippen LogP contribution in [0.4, 0.5) is 65.9 Å². The van der Waals surface area contributed by atoms with Gasteiger partial charge in [-0.3, -0.25) is 0 Å². The molecule has 2 heterocycles. The molecule has 0 aromatic carbocycles. The molecule has 0 aromatic rings. The minimum absolute atomic E-state index is 0.133. The molecule has 0 aromatic heterocycles. The van der Waals surface area contributed by atoms with Gasteiger partial charge < -0.3 is 78.0 Å². The zero-order chi connectivity index (χ0) is 91.5. The third-order valence-electron chi connectivity index (χ3n) is 31.1. The highest BCUT2D eigenvalue weighted by Crippen LogP contribution is 2.77. The first-order chi connectivity index (χ1) is 56.3. The average molecular weight is 1790 g/mol. The van der Waals surface area contributed by atoms with E-state index in [9.17, 15) is 111 Å². The summed E-state index contributed by atoms with van der Waals surface area (Å²) in [7, 11) is 0. The Morgan fingerprint density at radius 3 is 1.02 bits per heavy atom. The Balaban J connectivity index is 0.000000180. The Kier molecular flexibility index (Phi) is 28.1. The van der Waals surface area contributed by atoms with Crippen molar-refractivity contribution >= 4 is 17.9 Å². The van der Waals surface area contributed by atoms with Crippen LogP contribution in [-0.4, -0.2) is 216 Å². The molecular formula is C89H131F15O19. The number of hydrogen-bond donors (Lipinski definition) is 6. The van der Waals surface area contributed by atoms with Gasteiger partial charge in [0.2, 0.25) is 0 Å². The fourth-order valence-electron chi connectivity index (χ4n) is 25.1. The van der Waals surface area contributed by atoms with Crippen molar-refractivity contribution in [2.75, 3.05) is 39.6 Å². The van der Waals surface area contributed by atoms with Gasteiger partial charge in [-0.2, -0.15) is 65.9 Å². The van der Waals surface area contributed by atoms with Crippen LogP contribution in [0.2, 0.25) is 0 Å². The minimum atomic E-state index is -4.96. The molecule has 0 spiro atoms. The van der Waals surface area contributed by atoms with Gasteiger partial charge in [-0.05, 0) is 215 Å². The number of rotatable bonds is 30. The van der Waals surface area contributed by atoms with Gasteiger partial charge in [-0.25, -0.2) is 14.4 Å². The minimum Gasteiger partial charge on any atom is -0.459 e. The summed E-state index contributed by atoms with van der Waals surface area (Å²) in [6.45, 7) is 17.8. The third kappa shape index (κ3) is 19.6. The van der Waals surface area contributed by atoms with Crippen LogP contribution in [-0.2, 0) is 61.8 Å². The molecule has 14 fully saturated rings. The molecule has 2 saturated heterocycles. The first-order valence-corrected chi connectivity index (χ1v) is 44.1. The Morgan fingerprint density at radius 1 is 0.366 bits per heavy atom. The fraction of sp³-hybridized carbons (Fsp3) is 0.899. The summed E-state index contributed by atoms with van der Waals surface area (Å²) in [5.74, 6) is -4.08. The van der Waals surface area contributed by atoms with Gasteiger partial charge in [0.15, 0.2) is 28.0 Å². The highest BCUT2D eigenvalue weighted by molar-refractivity contribution is 5.88. The molecule has 14 rings (SSSR count). The lowest BCUT2D eigenvalue weighted by Crippen LogP contribution is -2.72. The summed E-state index contributed by atoms with van der Waals surface area (Å²) in [6, 6.07) is 0. The summed E-state index contributed by atoms with van der Waals surface area (Å²) < 4.78 is 266. The lowest BCUT2D eigenvalue weighted by molar-refractivity contribution is -0.324. The number of carbonyl (C=O) groups excluding carboxylic acids is 3. The van der Waals surface area contributed by atoms with E-state index < -0.39 is 202 Å². The summed E-state index contributed by atoms with van der Waals surface area (Å²) in [5.41, 5.74) is -23.4. The second-order valence-corrected chi connectivity index (χ2v) is 41.6. The van der Waals surface area contributed by atoms with Gasteiger partial charge >= 0.3 is 48.8 Å². The van der Waals surface area contributed by atoms with Crippen LogP contribution in [0, 0.1) is 52.3 Å². The number of carbonyl (C=O) groups is 3. The molecule has 34 heteroatoms. The maximum atomic E-state index is 13.7. The molecule has 19 nitrogen and oxygen atoms in total. The van der Waals surface area contributed by atoms with Crippen LogP contribution in [0.25, 0.3) is 0 Å². The molecule has 12 saturated carbocycles. The van der Waals surface area contributed by atoms with Crippen molar-refractivity contribution in [3.05, 3.63) is 36.5 Å². The van der Waals surface area contributed by atoms with Crippen LogP contribution < -0.4 is 0 Å². The maximum absolute atomic E-state index is 13.7. The number of fused-ring (bicyclic) bond motifs is 4. The SMILES string of the molecule is C=C(C)C(=O)OC12CC3CC(C4(OCC(C)(C)O)CCCC4)(C1)CC(C1(OCC(C)(O)C(F)(F)F)CCCC1)(C3)C2.C=C(C)C(=O)OC1CC2CC1C(C1(OCC(C)(O)C(F)(F)F)CCCC1)C2C1(OCC(C)(O)C(F)(F)F)CCCC1.C=C(C)C(=O)OC1CC2OC1C(C1(OCC(C)(O)C(F)(F)F)CCCC1)C2C1(OCC(C)(O)C(F)(F)F)CCCC1. The zero-order valence-corrected chi connectivity index (χ0v) is 72.7. The van der Waals surface area contributed by atoms with Crippen LogP contribution in [0.5, 0.6) is 0 Å². The lowest BCUT2D eigenvalue weighted by Gasteiger charge is -2.72. The summed E-state index contributed by atoms with van der Waals surface area (Å²) in [6.07, 6.45) is -6.89. The highest BCUT2D eigenvalue weighted by Gasteiger charge is 2.77. The largest absolute Gasteiger partial charge is 0.459 e. The zero-order valence-electron chi connectivity index (χ0n) is 72.7. The van der Waals surface area contributed by atoms with Crippen LogP contribution >= 0.6 is 0 Å². The number of alkyl halides is 15. The summed E-state index contributed by atoms with van der Waals surface area (Å²) >= 11 is 0. The molecule has 19 atom stereocenters. The molecule has 0 radical (unpaired) electrons. The van der Waals surface area contributed by atoms with Crippen molar-refractivity contribution in [1.29, 1.82) is 0 Å². The van der Waals surface area contributed by atoms with E-state index >= 15 is 0 Å². The number of ether oxygens (including phenoxy) is 10. The first-order valence-electron chi connectivity index (χ1n) is 44.1. The molecule has 6 N–H and O–H groups in total. The molecule has 14 aliphatic rings. The number of aliphatic hydroxyl groups is 6. The van der Waals surface area contributed by atoms with Gasteiger partial charge in [0.25, 0.3) is 0 Å². The molecular weight excluding hydrogens is 1660 g/mol. The van der Waals surface area contributed by atoms with Crippen molar-refractivity contribution < 1.29 is 158 Å². The van der Waals surface area contributed by atoms with Gasteiger partial charge in [-0.1, -0.05) is 96.8 Å². The Bertz CT molecular complexity index is 3590. The van der Waals surface area contributed by atoms with Crippen LogP contribution in [0.3, 0.4) is 0 Å². The molecule has 2 aliphatic heterocycles. The van der Waals surface area contributed by atoms with Crippen molar-refractivity contribution in [1.82, 2.24) is 0 Å². The maximum Gasteiger partial charge on any atom is 0.419 e. The number of esters is 3. The van der Waals surface area contributed by atoms with Gasteiger partial charge in [0, 0.05) is 57.6 Å². The van der Waals surface area contributed by atoms with Crippen molar-refractivity contribution in [3.63, 3.8) is 0 Å². The van der Waals surface area contributed by atoms with E-state index in [2.05, 4.69) is 19.7 Å². The molecule has 0 amide bonds. The quantitative estimate of drug-likeness (QED) is 0.0169. The third-order valence-corrected chi connectivity index (χ3v) is 31.1. The van der Waals surface area contributed by atoms with E-state index in [1.165, 1.54) is 13.8 Å². The molecule has 12 aliphatic carbocycles.